The molecule has 8 heteroatoms. The van der Waals surface area contributed by atoms with Crippen LogP contribution in [-0.2, 0) is 22.3 Å². The van der Waals surface area contributed by atoms with E-state index < -0.39 is 0 Å². The van der Waals surface area contributed by atoms with E-state index in [1.54, 1.807) is 13.1 Å². The van der Waals surface area contributed by atoms with Gasteiger partial charge in [0.05, 0.1) is 11.2 Å². The van der Waals surface area contributed by atoms with Crippen molar-refractivity contribution >= 4 is 12.6 Å². The molecule has 0 bridgehead atoms. The van der Waals surface area contributed by atoms with Crippen molar-refractivity contribution < 1.29 is 13.8 Å². The molecule has 0 spiro atoms. The van der Waals surface area contributed by atoms with E-state index in [4.69, 9.17) is 13.8 Å². The zero-order chi connectivity index (χ0) is 16.0. The summed E-state index contributed by atoms with van der Waals surface area (Å²) in [6.07, 6.45) is 4.39. The summed E-state index contributed by atoms with van der Waals surface area (Å²) in [6, 6.07) is 0. The van der Waals surface area contributed by atoms with Gasteiger partial charge < -0.3 is 13.8 Å². The molecule has 3 rings (SSSR count). The van der Waals surface area contributed by atoms with Gasteiger partial charge >= 0.3 is 7.12 Å². The van der Waals surface area contributed by atoms with Gasteiger partial charge in [0, 0.05) is 37.7 Å². The van der Waals surface area contributed by atoms with Crippen molar-refractivity contribution in [1.82, 2.24) is 19.9 Å². The summed E-state index contributed by atoms with van der Waals surface area (Å²) >= 11 is 0. The summed E-state index contributed by atoms with van der Waals surface area (Å²) in [5.41, 5.74) is 0.229. The average Bonchev–Trinajstić information content (AvgIpc) is 3.07. The Kier molecular flexibility index (Phi) is 3.61. The van der Waals surface area contributed by atoms with Gasteiger partial charge in [0.1, 0.15) is 0 Å². The Labute approximate surface area is 130 Å². The molecule has 0 radical (unpaired) electrons. The van der Waals surface area contributed by atoms with E-state index in [1.807, 2.05) is 38.6 Å². The molecule has 1 fully saturated rings. The smallest absolute Gasteiger partial charge is 0.399 e. The van der Waals surface area contributed by atoms with Crippen LogP contribution in [0.15, 0.2) is 16.9 Å². The maximum Gasteiger partial charge on any atom is 0.498 e. The molecule has 3 heterocycles. The number of aryl methyl sites for hydroxylation is 3. The Morgan fingerprint density at radius 2 is 1.86 bits per heavy atom. The van der Waals surface area contributed by atoms with Crippen LogP contribution < -0.4 is 5.46 Å². The molecule has 1 aliphatic heterocycles. The zero-order valence-corrected chi connectivity index (χ0v) is 13.7. The molecule has 0 unspecified atom stereocenters. The molecule has 0 aliphatic carbocycles. The van der Waals surface area contributed by atoms with E-state index in [0.29, 0.717) is 24.7 Å². The van der Waals surface area contributed by atoms with Crippen LogP contribution in [0.4, 0.5) is 0 Å². The Morgan fingerprint density at radius 3 is 2.45 bits per heavy atom. The first-order valence-electron chi connectivity index (χ1n) is 7.44. The fourth-order valence-electron chi connectivity index (χ4n) is 2.26. The largest absolute Gasteiger partial charge is 0.498 e. The minimum atomic E-state index is -0.383. The van der Waals surface area contributed by atoms with Crippen molar-refractivity contribution in [1.29, 1.82) is 0 Å². The monoisotopic (exact) mass is 304 g/mol. The van der Waals surface area contributed by atoms with E-state index in [2.05, 4.69) is 15.2 Å². The maximum atomic E-state index is 6.01. The first-order chi connectivity index (χ1) is 10.3. The minimum absolute atomic E-state index is 0.345. The highest BCUT2D eigenvalue weighted by Gasteiger charge is 2.52. The van der Waals surface area contributed by atoms with Gasteiger partial charge in [-0.1, -0.05) is 5.16 Å². The van der Waals surface area contributed by atoms with Crippen LogP contribution in [0.5, 0.6) is 0 Å². The first-order valence-corrected chi connectivity index (χ1v) is 7.44. The second-order valence-electron chi connectivity index (χ2n) is 6.60. The highest BCUT2D eigenvalue weighted by Crippen LogP contribution is 2.36. The van der Waals surface area contributed by atoms with Crippen LogP contribution in [0.25, 0.3) is 0 Å². The second kappa shape index (κ2) is 5.21. The van der Waals surface area contributed by atoms with Crippen molar-refractivity contribution in [2.75, 3.05) is 0 Å². The van der Waals surface area contributed by atoms with Crippen molar-refractivity contribution in [3.8, 4) is 0 Å². The molecule has 2 aromatic rings. The van der Waals surface area contributed by atoms with Crippen molar-refractivity contribution in [2.24, 2.45) is 0 Å². The lowest BCUT2D eigenvalue weighted by Gasteiger charge is -2.32. The molecule has 118 valence electrons. The van der Waals surface area contributed by atoms with Crippen molar-refractivity contribution in [3.63, 3.8) is 0 Å². The standard InChI is InChI=1S/C14H21BN4O3/c1-10-17-12(18-20-10)6-7-19-9-11(8-16-19)15-21-13(2,3)14(4,5)22-15/h8-9H,6-7H2,1-5H3. The minimum Gasteiger partial charge on any atom is -0.399 e. The predicted molar refractivity (Wildman–Crippen MR) is 80.7 cm³/mol. The van der Waals surface area contributed by atoms with Gasteiger partial charge in [-0.25, -0.2) is 0 Å². The maximum absolute atomic E-state index is 6.01. The Balaban J connectivity index is 1.64. The van der Waals surface area contributed by atoms with Gasteiger partial charge in [-0.05, 0) is 27.7 Å². The van der Waals surface area contributed by atoms with Crippen LogP contribution in [0, 0.1) is 6.92 Å². The lowest BCUT2D eigenvalue weighted by molar-refractivity contribution is 0.00578. The molecule has 0 amide bonds. The summed E-state index contributed by atoms with van der Waals surface area (Å²) in [7, 11) is -0.383. The molecular formula is C14H21BN4O3. The van der Waals surface area contributed by atoms with Gasteiger partial charge in [0.25, 0.3) is 0 Å². The van der Waals surface area contributed by atoms with Crippen molar-refractivity contribution in [2.45, 2.75) is 58.8 Å². The van der Waals surface area contributed by atoms with Gasteiger partial charge in [0.2, 0.25) is 5.89 Å². The molecule has 1 saturated heterocycles. The number of rotatable bonds is 4. The third kappa shape index (κ3) is 2.80. The van der Waals surface area contributed by atoms with Crippen LogP contribution in [0.1, 0.15) is 39.4 Å². The fraction of sp³-hybridized carbons (Fsp3) is 0.643. The van der Waals surface area contributed by atoms with E-state index in [9.17, 15) is 0 Å². The van der Waals surface area contributed by atoms with Gasteiger partial charge in [-0.3, -0.25) is 4.68 Å². The van der Waals surface area contributed by atoms with Gasteiger partial charge in [0.15, 0.2) is 5.82 Å². The van der Waals surface area contributed by atoms with Crippen LogP contribution in [0.2, 0.25) is 0 Å². The second-order valence-corrected chi connectivity index (χ2v) is 6.60. The number of hydrogen-bond donors (Lipinski definition) is 0. The van der Waals surface area contributed by atoms with E-state index >= 15 is 0 Å². The zero-order valence-electron chi connectivity index (χ0n) is 13.7. The highest BCUT2D eigenvalue weighted by molar-refractivity contribution is 6.61. The predicted octanol–water partition coefficient (Wildman–Crippen LogP) is 1.12. The average molecular weight is 304 g/mol. The molecule has 0 N–H and O–H groups in total. The van der Waals surface area contributed by atoms with Gasteiger partial charge in [-0.2, -0.15) is 10.1 Å². The van der Waals surface area contributed by atoms with Gasteiger partial charge in [-0.15, -0.1) is 0 Å². The number of nitrogens with zero attached hydrogens (tertiary/aromatic N) is 4. The third-order valence-corrected chi connectivity index (χ3v) is 4.31. The Morgan fingerprint density at radius 1 is 1.18 bits per heavy atom. The SMILES string of the molecule is Cc1nc(CCn2cc(B3OC(C)(C)C(C)(C)O3)cn2)no1. The van der Waals surface area contributed by atoms with Crippen LogP contribution in [0.3, 0.4) is 0 Å². The topological polar surface area (TPSA) is 75.2 Å². The summed E-state index contributed by atoms with van der Waals surface area (Å²) in [4.78, 5) is 4.18. The molecule has 0 aromatic carbocycles. The van der Waals surface area contributed by atoms with Crippen LogP contribution in [-0.4, -0.2) is 38.2 Å². The molecule has 22 heavy (non-hydrogen) atoms. The molecule has 0 atom stereocenters. The van der Waals surface area contributed by atoms with Crippen molar-refractivity contribution in [3.05, 3.63) is 24.1 Å². The lowest BCUT2D eigenvalue weighted by Crippen LogP contribution is -2.41. The third-order valence-electron chi connectivity index (χ3n) is 4.31. The quantitative estimate of drug-likeness (QED) is 0.788. The lowest BCUT2D eigenvalue weighted by atomic mass is 9.82. The normalized spacial score (nSPS) is 19.8. The molecular weight excluding hydrogens is 283 g/mol. The summed E-state index contributed by atoms with van der Waals surface area (Å²) in [5, 5.41) is 8.23. The molecule has 7 nitrogen and oxygen atoms in total. The van der Waals surface area contributed by atoms with E-state index in [1.165, 1.54) is 0 Å². The van der Waals surface area contributed by atoms with Crippen LogP contribution >= 0.6 is 0 Å². The number of hydrogen-bond acceptors (Lipinski definition) is 6. The highest BCUT2D eigenvalue weighted by atomic mass is 16.7. The molecule has 2 aromatic heterocycles. The van der Waals surface area contributed by atoms with E-state index in [0.717, 1.165) is 5.46 Å². The number of aromatic nitrogens is 4. The summed E-state index contributed by atoms with van der Waals surface area (Å²) < 4.78 is 18.8. The summed E-state index contributed by atoms with van der Waals surface area (Å²) in [6.45, 7) is 10.6. The van der Waals surface area contributed by atoms with E-state index in [-0.39, 0.29) is 18.3 Å². The summed E-state index contributed by atoms with van der Waals surface area (Å²) in [5.74, 6) is 1.26. The fourth-order valence-corrected chi connectivity index (χ4v) is 2.26. The molecule has 1 aliphatic rings. The first kappa shape index (κ1) is 15.2. The Hall–Kier alpha value is -1.67. The molecule has 0 saturated carbocycles. The Bertz CT molecular complexity index is 649.